The van der Waals surface area contributed by atoms with Crippen LogP contribution in [0, 0.1) is 13.8 Å². The largest absolute Gasteiger partial charge is 0.441 e. The molecule has 4 rings (SSSR count). The third kappa shape index (κ3) is 3.09. The van der Waals surface area contributed by atoms with E-state index < -0.39 is 0 Å². The molecule has 0 unspecified atom stereocenters. The van der Waals surface area contributed by atoms with Crippen LogP contribution in [0.4, 0.5) is 5.69 Å². The average molecular weight is 366 g/mol. The molecule has 0 bridgehead atoms. The summed E-state index contributed by atoms with van der Waals surface area (Å²) in [7, 11) is 0. The van der Waals surface area contributed by atoms with Gasteiger partial charge in [0.1, 0.15) is 11.5 Å². The first-order chi connectivity index (χ1) is 12.5. The number of amides is 1. The van der Waals surface area contributed by atoms with Gasteiger partial charge in [-0.05, 0) is 56.3 Å². The maximum atomic E-state index is 12.6. The quantitative estimate of drug-likeness (QED) is 0.514. The first kappa shape index (κ1) is 16.4. The number of hydrogen-bond acceptors (Lipinski definition) is 3. The Morgan fingerprint density at radius 1 is 1.15 bits per heavy atom. The summed E-state index contributed by atoms with van der Waals surface area (Å²) >= 11 is 6.00. The number of halogens is 1. The van der Waals surface area contributed by atoms with Crippen molar-refractivity contribution >= 4 is 34.1 Å². The molecule has 26 heavy (non-hydrogen) atoms. The van der Waals surface area contributed by atoms with Gasteiger partial charge in [0, 0.05) is 27.2 Å². The summed E-state index contributed by atoms with van der Waals surface area (Å²) in [6, 6.07) is 14.6. The van der Waals surface area contributed by atoms with Gasteiger partial charge in [0.05, 0.1) is 5.69 Å². The van der Waals surface area contributed by atoms with Crippen molar-refractivity contribution < 1.29 is 9.21 Å². The van der Waals surface area contributed by atoms with Gasteiger partial charge in [-0.25, -0.2) is 4.98 Å². The number of hydrogen-bond donors (Lipinski definition) is 2. The highest BCUT2D eigenvalue weighted by atomic mass is 35.5. The number of anilines is 1. The summed E-state index contributed by atoms with van der Waals surface area (Å²) in [6.45, 7) is 3.77. The normalized spacial score (nSPS) is 11.0. The maximum Gasteiger partial charge on any atom is 0.272 e. The SMILES string of the molecule is Cc1nc(-c2cccc(NC(=O)c3cc4cc(Cl)ccc4[nH]3)c2)oc1C. The van der Waals surface area contributed by atoms with E-state index in [0.29, 0.717) is 22.3 Å². The Bertz CT molecular complexity index is 1110. The van der Waals surface area contributed by atoms with Gasteiger partial charge in [0.25, 0.3) is 5.91 Å². The summed E-state index contributed by atoms with van der Waals surface area (Å²) in [4.78, 5) is 20.1. The van der Waals surface area contributed by atoms with Gasteiger partial charge >= 0.3 is 0 Å². The molecule has 2 aromatic heterocycles. The van der Waals surface area contributed by atoms with Crippen molar-refractivity contribution in [3.8, 4) is 11.5 Å². The van der Waals surface area contributed by atoms with Crippen molar-refractivity contribution in [1.29, 1.82) is 0 Å². The van der Waals surface area contributed by atoms with Crippen LogP contribution in [-0.4, -0.2) is 15.9 Å². The molecule has 130 valence electrons. The Morgan fingerprint density at radius 2 is 2.00 bits per heavy atom. The Balaban J connectivity index is 1.59. The highest BCUT2D eigenvalue weighted by molar-refractivity contribution is 6.31. The lowest BCUT2D eigenvalue weighted by Gasteiger charge is -2.05. The fraction of sp³-hybridized carbons (Fsp3) is 0.100. The van der Waals surface area contributed by atoms with E-state index in [-0.39, 0.29) is 5.91 Å². The van der Waals surface area contributed by atoms with E-state index in [2.05, 4.69) is 15.3 Å². The summed E-state index contributed by atoms with van der Waals surface area (Å²) < 4.78 is 5.65. The van der Waals surface area contributed by atoms with Crippen LogP contribution in [0.5, 0.6) is 0 Å². The molecule has 6 heteroatoms. The van der Waals surface area contributed by atoms with E-state index in [9.17, 15) is 4.79 Å². The lowest BCUT2D eigenvalue weighted by atomic mass is 10.2. The highest BCUT2D eigenvalue weighted by Crippen LogP contribution is 2.25. The Kier molecular flexibility index (Phi) is 4.01. The molecule has 0 aliphatic carbocycles. The Labute approximate surface area is 155 Å². The molecule has 0 aliphatic heterocycles. The van der Waals surface area contributed by atoms with E-state index in [1.54, 1.807) is 12.1 Å². The molecule has 0 saturated heterocycles. The molecule has 2 heterocycles. The molecule has 0 radical (unpaired) electrons. The summed E-state index contributed by atoms with van der Waals surface area (Å²) in [5, 5.41) is 4.42. The molecule has 0 fully saturated rings. The number of H-pyrrole nitrogens is 1. The first-order valence-corrected chi connectivity index (χ1v) is 8.51. The number of aromatic amines is 1. The third-order valence-corrected chi connectivity index (χ3v) is 4.46. The molecule has 0 aliphatic rings. The van der Waals surface area contributed by atoms with Crippen molar-refractivity contribution in [3.05, 3.63) is 70.7 Å². The summed E-state index contributed by atoms with van der Waals surface area (Å²) in [5.41, 5.74) is 3.65. The number of nitrogens with one attached hydrogen (secondary N) is 2. The van der Waals surface area contributed by atoms with Gasteiger partial charge in [0.15, 0.2) is 0 Å². The second-order valence-electron chi connectivity index (χ2n) is 6.11. The Hall–Kier alpha value is -3.05. The molecule has 0 spiro atoms. The third-order valence-electron chi connectivity index (χ3n) is 4.22. The van der Waals surface area contributed by atoms with E-state index in [1.165, 1.54) is 0 Å². The van der Waals surface area contributed by atoms with Crippen molar-refractivity contribution in [2.75, 3.05) is 5.32 Å². The maximum absolute atomic E-state index is 12.6. The number of nitrogens with zero attached hydrogens (tertiary/aromatic N) is 1. The molecule has 1 amide bonds. The molecular formula is C20H16ClN3O2. The van der Waals surface area contributed by atoms with Crippen LogP contribution in [0.25, 0.3) is 22.4 Å². The average Bonchev–Trinajstić information content (AvgIpc) is 3.18. The fourth-order valence-electron chi connectivity index (χ4n) is 2.75. The minimum absolute atomic E-state index is 0.228. The Morgan fingerprint density at radius 3 is 2.77 bits per heavy atom. The second-order valence-corrected chi connectivity index (χ2v) is 6.55. The van der Waals surface area contributed by atoms with Crippen LogP contribution in [0.15, 0.2) is 52.9 Å². The number of aromatic nitrogens is 2. The van der Waals surface area contributed by atoms with E-state index in [0.717, 1.165) is 27.9 Å². The molecule has 0 saturated carbocycles. The van der Waals surface area contributed by atoms with E-state index in [4.69, 9.17) is 16.0 Å². The summed E-state index contributed by atoms with van der Waals surface area (Å²) in [6.07, 6.45) is 0. The zero-order valence-corrected chi connectivity index (χ0v) is 15.0. The number of rotatable bonds is 3. The highest BCUT2D eigenvalue weighted by Gasteiger charge is 2.12. The molecule has 5 nitrogen and oxygen atoms in total. The number of fused-ring (bicyclic) bond motifs is 1. The topological polar surface area (TPSA) is 70.9 Å². The van der Waals surface area contributed by atoms with Crippen molar-refractivity contribution in [2.24, 2.45) is 0 Å². The minimum Gasteiger partial charge on any atom is -0.441 e. The van der Waals surface area contributed by atoms with E-state index in [1.807, 2.05) is 50.2 Å². The van der Waals surface area contributed by atoms with Gasteiger partial charge in [-0.15, -0.1) is 0 Å². The number of oxazole rings is 1. The smallest absolute Gasteiger partial charge is 0.272 e. The molecule has 2 aromatic carbocycles. The lowest BCUT2D eigenvalue weighted by molar-refractivity contribution is 0.102. The predicted octanol–water partition coefficient (Wildman–Crippen LogP) is 5.35. The number of benzene rings is 2. The zero-order valence-electron chi connectivity index (χ0n) is 14.3. The lowest BCUT2D eigenvalue weighted by Crippen LogP contribution is -2.12. The van der Waals surface area contributed by atoms with Crippen LogP contribution in [0.1, 0.15) is 21.9 Å². The molecule has 2 N–H and O–H groups in total. The van der Waals surface area contributed by atoms with Crippen molar-refractivity contribution in [2.45, 2.75) is 13.8 Å². The van der Waals surface area contributed by atoms with Crippen molar-refractivity contribution in [1.82, 2.24) is 9.97 Å². The van der Waals surface area contributed by atoms with Gasteiger partial charge in [-0.2, -0.15) is 0 Å². The van der Waals surface area contributed by atoms with Crippen molar-refractivity contribution in [3.63, 3.8) is 0 Å². The van der Waals surface area contributed by atoms with Crippen LogP contribution in [0.2, 0.25) is 5.02 Å². The number of aryl methyl sites for hydroxylation is 2. The van der Waals surface area contributed by atoms with Crippen LogP contribution >= 0.6 is 11.6 Å². The zero-order chi connectivity index (χ0) is 18.3. The number of carbonyl (C=O) groups is 1. The second kappa shape index (κ2) is 6.35. The summed E-state index contributed by atoms with van der Waals surface area (Å²) in [5.74, 6) is 1.09. The number of carbonyl (C=O) groups excluding carboxylic acids is 1. The van der Waals surface area contributed by atoms with E-state index >= 15 is 0 Å². The minimum atomic E-state index is -0.228. The van der Waals surface area contributed by atoms with Gasteiger partial charge in [-0.1, -0.05) is 17.7 Å². The standard InChI is InChI=1S/C20H16ClN3O2/c1-11-12(2)26-20(22-11)13-4-3-5-16(9-13)23-19(25)18-10-14-8-15(21)6-7-17(14)24-18/h3-10,24H,1-2H3,(H,23,25). The molecule has 4 aromatic rings. The molecule has 0 atom stereocenters. The fourth-order valence-corrected chi connectivity index (χ4v) is 2.93. The predicted molar refractivity (Wildman–Crippen MR) is 103 cm³/mol. The van der Waals surface area contributed by atoms with Gasteiger partial charge in [-0.3, -0.25) is 4.79 Å². The first-order valence-electron chi connectivity index (χ1n) is 8.14. The van der Waals surface area contributed by atoms with Gasteiger partial charge in [0.2, 0.25) is 5.89 Å². The molecular weight excluding hydrogens is 350 g/mol. The van der Waals surface area contributed by atoms with Gasteiger partial charge < -0.3 is 14.7 Å². The van der Waals surface area contributed by atoms with Crippen LogP contribution in [-0.2, 0) is 0 Å². The van der Waals surface area contributed by atoms with Crippen LogP contribution < -0.4 is 5.32 Å². The van der Waals surface area contributed by atoms with Crippen LogP contribution in [0.3, 0.4) is 0 Å². The monoisotopic (exact) mass is 365 g/mol.